The van der Waals surface area contributed by atoms with Gasteiger partial charge in [-0.3, -0.25) is 14.7 Å². The first-order valence-electron chi connectivity index (χ1n) is 11.3. The number of aromatic nitrogens is 1. The number of aryl methyl sites for hydroxylation is 2. The molecular weight excluding hydrogens is 424 g/mol. The van der Waals surface area contributed by atoms with Crippen LogP contribution in [0.5, 0.6) is 0 Å². The summed E-state index contributed by atoms with van der Waals surface area (Å²) in [6.45, 7) is 8.63. The molecule has 2 saturated heterocycles. The van der Waals surface area contributed by atoms with Gasteiger partial charge >= 0.3 is 0 Å². The highest BCUT2D eigenvalue weighted by atomic mass is 32.2. The highest BCUT2D eigenvalue weighted by Gasteiger charge is 2.35. The second kappa shape index (κ2) is 9.68. The molecule has 0 aliphatic carbocycles. The van der Waals surface area contributed by atoms with E-state index in [0.29, 0.717) is 30.8 Å². The lowest BCUT2D eigenvalue weighted by molar-refractivity contribution is -0.138. The molecule has 1 aromatic heterocycles. The third kappa shape index (κ3) is 5.03. The SMILES string of the molecule is Cc1ccc(S(=O)(=O)N2CCC(C(=O)N3CCN(Cc4ccncc4)CC3)CC2)c(C)c1. The molecule has 4 rings (SSSR count). The van der Waals surface area contributed by atoms with E-state index in [0.717, 1.165) is 43.9 Å². The predicted molar refractivity (Wildman–Crippen MR) is 123 cm³/mol. The lowest BCUT2D eigenvalue weighted by Crippen LogP contribution is -2.51. The van der Waals surface area contributed by atoms with E-state index in [1.165, 1.54) is 5.56 Å². The molecule has 2 aliphatic rings. The number of carbonyl (C=O) groups excluding carboxylic acids is 1. The molecule has 172 valence electrons. The van der Waals surface area contributed by atoms with Crippen LogP contribution in [0.15, 0.2) is 47.6 Å². The molecule has 8 heteroatoms. The molecule has 1 aromatic carbocycles. The average molecular weight is 457 g/mol. The zero-order valence-electron chi connectivity index (χ0n) is 18.9. The number of piperidine rings is 1. The number of piperazine rings is 1. The summed E-state index contributed by atoms with van der Waals surface area (Å²) in [7, 11) is -3.52. The predicted octanol–water partition coefficient (Wildman–Crippen LogP) is 2.44. The Bertz CT molecular complexity index is 1040. The van der Waals surface area contributed by atoms with Gasteiger partial charge in [0.1, 0.15) is 0 Å². The molecule has 0 spiro atoms. The third-order valence-corrected chi connectivity index (χ3v) is 8.65. The Hall–Kier alpha value is -2.29. The monoisotopic (exact) mass is 456 g/mol. The van der Waals surface area contributed by atoms with Crippen molar-refractivity contribution in [3.05, 3.63) is 59.4 Å². The largest absolute Gasteiger partial charge is 0.340 e. The number of hydrogen-bond acceptors (Lipinski definition) is 5. The maximum atomic E-state index is 13.1. The molecule has 7 nitrogen and oxygen atoms in total. The van der Waals surface area contributed by atoms with Crippen molar-refractivity contribution in [2.45, 2.75) is 38.1 Å². The molecule has 2 aliphatic heterocycles. The fourth-order valence-corrected chi connectivity index (χ4v) is 6.38. The first-order chi connectivity index (χ1) is 15.3. The lowest BCUT2D eigenvalue weighted by atomic mass is 9.96. The van der Waals surface area contributed by atoms with Gasteiger partial charge < -0.3 is 4.90 Å². The van der Waals surface area contributed by atoms with Crippen LogP contribution in [0.25, 0.3) is 0 Å². The van der Waals surface area contributed by atoms with E-state index in [9.17, 15) is 13.2 Å². The van der Waals surface area contributed by atoms with Crippen LogP contribution in [0.1, 0.15) is 29.5 Å². The maximum absolute atomic E-state index is 13.1. The average Bonchev–Trinajstić information content (AvgIpc) is 2.80. The molecule has 0 bridgehead atoms. The van der Waals surface area contributed by atoms with Crippen molar-refractivity contribution in [3.8, 4) is 0 Å². The van der Waals surface area contributed by atoms with Crippen LogP contribution in [-0.4, -0.2) is 72.7 Å². The molecule has 1 amide bonds. The fraction of sp³-hybridized carbons (Fsp3) is 0.500. The van der Waals surface area contributed by atoms with Crippen LogP contribution in [0, 0.1) is 19.8 Å². The van der Waals surface area contributed by atoms with E-state index in [1.807, 2.05) is 55.4 Å². The van der Waals surface area contributed by atoms with Crippen molar-refractivity contribution in [2.75, 3.05) is 39.3 Å². The van der Waals surface area contributed by atoms with Crippen molar-refractivity contribution < 1.29 is 13.2 Å². The van der Waals surface area contributed by atoms with E-state index in [4.69, 9.17) is 0 Å². The Labute approximate surface area is 191 Å². The van der Waals surface area contributed by atoms with Crippen LogP contribution in [0.2, 0.25) is 0 Å². The number of pyridine rings is 1. The maximum Gasteiger partial charge on any atom is 0.243 e. The van der Waals surface area contributed by atoms with E-state index >= 15 is 0 Å². The number of hydrogen-bond donors (Lipinski definition) is 0. The van der Waals surface area contributed by atoms with Gasteiger partial charge in [0, 0.05) is 64.1 Å². The van der Waals surface area contributed by atoms with E-state index in [1.54, 1.807) is 10.4 Å². The minimum atomic E-state index is -3.52. The second-order valence-corrected chi connectivity index (χ2v) is 10.8. The topological polar surface area (TPSA) is 73.8 Å². The van der Waals surface area contributed by atoms with Crippen molar-refractivity contribution in [2.24, 2.45) is 5.92 Å². The second-order valence-electron chi connectivity index (χ2n) is 8.90. The molecule has 2 aromatic rings. The van der Waals surface area contributed by atoms with Crippen molar-refractivity contribution >= 4 is 15.9 Å². The van der Waals surface area contributed by atoms with Crippen molar-refractivity contribution in [3.63, 3.8) is 0 Å². The van der Waals surface area contributed by atoms with Crippen molar-refractivity contribution in [1.82, 2.24) is 19.1 Å². The van der Waals surface area contributed by atoms with E-state index in [2.05, 4.69) is 9.88 Å². The highest BCUT2D eigenvalue weighted by Crippen LogP contribution is 2.27. The van der Waals surface area contributed by atoms with Gasteiger partial charge in [0.05, 0.1) is 4.90 Å². The molecule has 3 heterocycles. The Morgan fingerprint density at radius 2 is 1.62 bits per heavy atom. The van der Waals surface area contributed by atoms with Gasteiger partial charge in [-0.25, -0.2) is 8.42 Å². The quantitative estimate of drug-likeness (QED) is 0.691. The summed E-state index contributed by atoms with van der Waals surface area (Å²) in [5, 5.41) is 0. The minimum Gasteiger partial charge on any atom is -0.340 e. The van der Waals surface area contributed by atoms with Crippen LogP contribution in [-0.2, 0) is 21.4 Å². The number of nitrogens with zero attached hydrogens (tertiary/aromatic N) is 4. The summed E-state index contributed by atoms with van der Waals surface area (Å²) in [5.41, 5.74) is 3.05. The smallest absolute Gasteiger partial charge is 0.243 e. The van der Waals surface area contributed by atoms with Gasteiger partial charge in [-0.1, -0.05) is 17.7 Å². The number of carbonyl (C=O) groups is 1. The lowest BCUT2D eigenvalue weighted by Gasteiger charge is -2.38. The van der Waals surface area contributed by atoms with Crippen LogP contribution < -0.4 is 0 Å². The highest BCUT2D eigenvalue weighted by molar-refractivity contribution is 7.89. The van der Waals surface area contributed by atoms with Gasteiger partial charge in [-0.2, -0.15) is 4.31 Å². The summed E-state index contributed by atoms with van der Waals surface area (Å²) in [6.07, 6.45) is 4.78. The van der Waals surface area contributed by atoms with Crippen LogP contribution >= 0.6 is 0 Å². The molecule has 0 radical (unpaired) electrons. The zero-order valence-corrected chi connectivity index (χ0v) is 19.7. The summed E-state index contributed by atoms with van der Waals surface area (Å²) in [6, 6.07) is 9.49. The number of benzene rings is 1. The molecule has 0 unspecified atom stereocenters. The van der Waals surface area contributed by atoms with Gasteiger partial charge in [-0.05, 0) is 56.0 Å². The normalized spacial score (nSPS) is 19.2. The van der Waals surface area contributed by atoms with Gasteiger partial charge in [-0.15, -0.1) is 0 Å². The van der Waals surface area contributed by atoms with Crippen LogP contribution in [0.4, 0.5) is 0 Å². The minimum absolute atomic E-state index is 0.0905. The first kappa shape index (κ1) is 22.9. The molecule has 0 saturated carbocycles. The Morgan fingerprint density at radius 1 is 0.969 bits per heavy atom. The van der Waals surface area contributed by atoms with Crippen molar-refractivity contribution in [1.29, 1.82) is 0 Å². The molecule has 2 fully saturated rings. The molecule has 0 atom stereocenters. The summed E-state index contributed by atoms with van der Waals surface area (Å²) >= 11 is 0. The third-order valence-electron chi connectivity index (χ3n) is 6.59. The Balaban J connectivity index is 1.29. The summed E-state index contributed by atoms with van der Waals surface area (Å²) in [4.78, 5) is 21.8. The number of rotatable bonds is 5. The van der Waals surface area contributed by atoms with Gasteiger partial charge in [0.15, 0.2) is 0 Å². The summed E-state index contributed by atoms with van der Waals surface area (Å²) < 4.78 is 27.8. The molecular formula is C24H32N4O3S. The van der Waals surface area contributed by atoms with E-state index < -0.39 is 10.0 Å². The first-order valence-corrected chi connectivity index (χ1v) is 12.8. The Kier molecular flexibility index (Phi) is 6.93. The fourth-order valence-electron chi connectivity index (χ4n) is 4.70. The van der Waals surface area contributed by atoms with Crippen LogP contribution in [0.3, 0.4) is 0 Å². The number of amides is 1. The molecule has 32 heavy (non-hydrogen) atoms. The Morgan fingerprint density at radius 3 is 2.25 bits per heavy atom. The summed E-state index contributed by atoms with van der Waals surface area (Å²) in [5.74, 6) is 0.0874. The standard InChI is InChI=1S/C24H32N4O3S/c1-19-3-4-23(20(2)17-19)32(30,31)28-11-7-22(8-12-28)24(29)27-15-13-26(14-16-27)18-21-5-9-25-10-6-21/h3-6,9-10,17,22H,7-8,11-16,18H2,1-2H3. The molecule has 0 N–H and O–H groups in total. The zero-order chi connectivity index (χ0) is 22.7. The van der Waals surface area contributed by atoms with Gasteiger partial charge in [0.25, 0.3) is 0 Å². The number of sulfonamides is 1. The van der Waals surface area contributed by atoms with E-state index in [-0.39, 0.29) is 11.8 Å². The van der Waals surface area contributed by atoms with Gasteiger partial charge in [0.2, 0.25) is 15.9 Å².